The molecule has 2 saturated heterocycles. The molecule has 4 heteroatoms. The van der Waals surface area contributed by atoms with Crippen LogP contribution in [0.4, 0.5) is 0 Å². The van der Waals surface area contributed by atoms with Gasteiger partial charge in [-0.1, -0.05) is 0 Å². The van der Waals surface area contributed by atoms with Crippen molar-refractivity contribution in [1.82, 2.24) is 10.2 Å². The molecule has 0 aliphatic carbocycles. The summed E-state index contributed by atoms with van der Waals surface area (Å²) in [5, 5.41) is 3.26. The van der Waals surface area contributed by atoms with Crippen molar-refractivity contribution in [3.63, 3.8) is 0 Å². The van der Waals surface area contributed by atoms with Gasteiger partial charge in [0.25, 0.3) is 0 Å². The predicted octanol–water partition coefficient (Wildman–Crippen LogP) is 0.481. The Balaban J connectivity index is 1.85. The minimum Gasteiger partial charge on any atom is -0.384 e. The van der Waals surface area contributed by atoms with Crippen LogP contribution in [0.5, 0.6) is 0 Å². The topological polar surface area (TPSA) is 41.6 Å². The zero-order valence-corrected chi connectivity index (χ0v) is 10.1. The van der Waals surface area contributed by atoms with Gasteiger partial charge in [0.15, 0.2) is 0 Å². The highest BCUT2D eigenvalue weighted by Crippen LogP contribution is 2.20. The van der Waals surface area contributed by atoms with Gasteiger partial charge < -0.3 is 15.0 Å². The first-order valence-electron chi connectivity index (χ1n) is 6.29. The summed E-state index contributed by atoms with van der Waals surface area (Å²) in [6.45, 7) is 4.47. The van der Waals surface area contributed by atoms with Crippen LogP contribution in [0.2, 0.25) is 0 Å². The summed E-state index contributed by atoms with van der Waals surface area (Å²) in [7, 11) is 1.74. The first-order chi connectivity index (χ1) is 7.81. The molecule has 2 aliphatic rings. The van der Waals surface area contributed by atoms with Crippen LogP contribution < -0.4 is 5.32 Å². The Morgan fingerprint density at radius 1 is 1.50 bits per heavy atom. The second kappa shape index (κ2) is 5.64. The molecule has 0 bridgehead atoms. The highest BCUT2D eigenvalue weighted by atomic mass is 16.5. The Bertz CT molecular complexity index is 237. The summed E-state index contributed by atoms with van der Waals surface area (Å²) in [5.41, 5.74) is 0. The minimum absolute atomic E-state index is 0.223. The number of methoxy groups -OCH3 is 1. The molecule has 16 heavy (non-hydrogen) atoms. The van der Waals surface area contributed by atoms with E-state index in [4.69, 9.17) is 4.74 Å². The summed E-state index contributed by atoms with van der Waals surface area (Å²) in [6, 6.07) is 0. The van der Waals surface area contributed by atoms with E-state index in [0.29, 0.717) is 11.8 Å². The third kappa shape index (κ3) is 2.74. The van der Waals surface area contributed by atoms with Crippen LogP contribution in [-0.2, 0) is 9.53 Å². The van der Waals surface area contributed by atoms with Gasteiger partial charge in [-0.15, -0.1) is 0 Å². The Morgan fingerprint density at radius 3 is 3.06 bits per heavy atom. The number of amides is 1. The second-order valence-corrected chi connectivity index (χ2v) is 4.94. The van der Waals surface area contributed by atoms with Crippen molar-refractivity contribution in [2.24, 2.45) is 11.8 Å². The maximum atomic E-state index is 12.2. The van der Waals surface area contributed by atoms with Gasteiger partial charge in [0.05, 0.1) is 12.5 Å². The highest BCUT2D eigenvalue weighted by molar-refractivity contribution is 5.79. The quantitative estimate of drug-likeness (QED) is 0.761. The lowest BCUT2D eigenvalue weighted by Gasteiger charge is -2.33. The molecule has 2 heterocycles. The average molecular weight is 226 g/mol. The van der Waals surface area contributed by atoms with Gasteiger partial charge in [-0.05, 0) is 31.7 Å². The number of hydrogen-bond donors (Lipinski definition) is 1. The smallest absolute Gasteiger partial charge is 0.227 e. The van der Waals surface area contributed by atoms with Crippen LogP contribution in [-0.4, -0.2) is 50.7 Å². The first kappa shape index (κ1) is 11.9. The van der Waals surface area contributed by atoms with E-state index in [-0.39, 0.29) is 5.92 Å². The third-order valence-electron chi connectivity index (χ3n) is 3.64. The van der Waals surface area contributed by atoms with E-state index in [2.05, 4.69) is 5.32 Å². The van der Waals surface area contributed by atoms with Gasteiger partial charge in [-0.25, -0.2) is 0 Å². The van der Waals surface area contributed by atoms with Gasteiger partial charge in [-0.3, -0.25) is 4.79 Å². The molecule has 0 aromatic rings. The lowest BCUT2D eigenvalue weighted by atomic mass is 9.97. The van der Waals surface area contributed by atoms with E-state index in [1.807, 2.05) is 4.90 Å². The first-order valence-corrected chi connectivity index (χ1v) is 6.29. The number of hydrogen-bond acceptors (Lipinski definition) is 3. The van der Waals surface area contributed by atoms with E-state index in [0.717, 1.165) is 45.6 Å². The summed E-state index contributed by atoms with van der Waals surface area (Å²) in [5.74, 6) is 1.11. The fraction of sp³-hybridized carbons (Fsp3) is 0.917. The summed E-state index contributed by atoms with van der Waals surface area (Å²) in [4.78, 5) is 14.2. The molecular formula is C12H22N2O2. The predicted molar refractivity (Wildman–Crippen MR) is 62.2 cm³/mol. The fourth-order valence-corrected chi connectivity index (χ4v) is 2.76. The van der Waals surface area contributed by atoms with Crippen molar-refractivity contribution in [3.8, 4) is 0 Å². The van der Waals surface area contributed by atoms with Crippen molar-refractivity contribution in [3.05, 3.63) is 0 Å². The molecule has 1 amide bonds. The Kier molecular flexibility index (Phi) is 4.18. The van der Waals surface area contributed by atoms with Crippen LogP contribution in [0.25, 0.3) is 0 Å². The number of likely N-dealkylation sites (tertiary alicyclic amines) is 1. The monoisotopic (exact) mass is 226 g/mol. The van der Waals surface area contributed by atoms with Crippen LogP contribution >= 0.6 is 0 Å². The molecule has 2 unspecified atom stereocenters. The molecule has 2 aliphatic heterocycles. The van der Waals surface area contributed by atoms with Crippen molar-refractivity contribution < 1.29 is 9.53 Å². The number of nitrogens with one attached hydrogen (secondary N) is 1. The Hall–Kier alpha value is -0.610. The Morgan fingerprint density at radius 2 is 2.38 bits per heavy atom. The zero-order valence-electron chi connectivity index (χ0n) is 10.1. The van der Waals surface area contributed by atoms with Crippen LogP contribution in [0.3, 0.4) is 0 Å². The molecule has 2 atom stereocenters. The molecule has 92 valence electrons. The van der Waals surface area contributed by atoms with Gasteiger partial charge in [0, 0.05) is 26.7 Å². The SMILES string of the molecule is COCC1CCCN(C(=O)C2CCNC2)C1. The van der Waals surface area contributed by atoms with Crippen LogP contribution in [0.15, 0.2) is 0 Å². The largest absolute Gasteiger partial charge is 0.384 e. The second-order valence-electron chi connectivity index (χ2n) is 4.94. The number of piperidine rings is 1. The number of carbonyl (C=O) groups excluding carboxylic acids is 1. The lowest BCUT2D eigenvalue weighted by molar-refractivity contribution is -0.137. The summed E-state index contributed by atoms with van der Waals surface area (Å²) < 4.78 is 5.18. The van der Waals surface area contributed by atoms with Crippen molar-refractivity contribution in [2.45, 2.75) is 19.3 Å². The van der Waals surface area contributed by atoms with Crippen molar-refractivity contribution in [2.75, 3.05) is 39.9 Å². The van der Waals surface area contributed by atoms with Crippen molar-refractivity contribution in [1.29, 1.82) is 0 Å². The lowest BCUT2D eigenvalue weighted by Crippen LogP contribution is -2.44. The molecule has 0 spiro atoms. The van der Waals surface area contributed by atoms with Gasteiger partial charge >= 0.3 is 0 Å². The average Bonchev–Trinajstić information content (AvgIpc) is 2.82. The molecule has 2 rings (SSSR count). The van der Waals surface area contributed by atoms with Gasteiger partial charge in [-0.2, -0.15) is 0 Å². The molecule has 0 aromatic heterocycles. The maximum Gasteiger partial charge on any atom is 0.227 e. The summed E-state index contributed by atoms with van der Waals surface area (Å²) in [6.07, 6.45) is 3.32. The number of ether oxygens (including phenoxy) is 1. The maximum absolute atomic E-state index is 12.2. The number of rotatable bonds is 3. The van der Waals surface area contributed by atoms with Crippen LogP contribution in [0, 0.1) is 11.8 Å². The summed E-state index contributed by atoms with van der Waals surface area (Å²) >= 11 is 0. The highest BCUT2D eigenvalue weighted by Gasteiger charge is 2.30. The Labute approximate surface area is 97.3 Å². The number of carbonyl (C=O) groups is 1. The van der Waals surface area contributed by atoms with E-state index < -0.39 is 0 Å². The van der Waals surface area contributed by atoms with E-state index >= 15 is 0 Å². The molecular weight excluding hydrogens is 204 g/mol. The fourth-order valence-electron chi connectivity index (χ4n) is 2.76. The third-order valence-corrected chi connectivity index (χ3v) is 3.64. The molecule has 2 fully saturated rings. The normalized spacial score (nSPS) is 30.7. The van der Waals surface area contributed by atoms with E-state index in [9.17, 15) is 4.79 Å². The zero-order chi connectivity index (χ0) is 11.4. The molecule has 0 radical (unpaired) electrons. The molecule has 4 nitrogen and oxygen atoms in total. The van der Waals surface area contributed by atoms with Gasteiger partial charge in [0.2, 0.25) is 5.91 Å². The van der Waals surface area contributed by atoms with E-state index in [1.54, 1.807) is 7.11 Å². The molecule has 1 N–H and O–H groups in total. The molecule has 0 saturated carbocycles. The van der Waals surface area contributed by atoms with Crippen molar-refractivity contribution >= 4 is 5.91 Å². The van der Waals surface area contributed by atoms with Gasteiger partial charge in [0.1, 0.15) is 0 Å². The minimum atomic E-state index is 0.223. The molecule has 0 aromatic carbocycles. The number of nitrogens with zero attached hydrogens (tertiary/aromatic N) is 1. The van der Waals surface area contributed by atoms with E-state index in [1.165, 1.54) is 6.42 Å². The standard InChI is InChI=1S/C12H22N2O2/c1-16-9-10-3-2-6-14(8-10)12(15)11-4-5-13-7-11/h10-11,13H,2-9H2,1H3. The van der Waals surface area contributed by atoms with Crippen LogP contribution in [0.1, 0.15) is 19.3 Å².